The van der Waals surface area contributed by atoms with Crippen LogP contribution in [0.2, 0.25) is 0 Å². The number of esters is 1. The quantitative estimate of drug-likeness (QED) is 0.260. The summed E-state index contributed by atoms with van der Waals surface area (Å²) in [5, 5.41) is 1.80. The maximum absolute atomic E-state index is 13.1. The average Bonchev–Trinajstić information content (AvgIpc) is 3.43. The van der Waals surface area contributed by atoms with Crippen molar-refractivity contribution in [2.45, 2.75) is 16.1 Å². The van der Waals surface area contributed by atoms with Crippen LogP contribution >= 0.6 is 43.2 Å². The fourth-order valence-corrected chi connectivity index (χ4v) is 7.31. The predicted octanol–water partition coefficient (Wildman–Crippen LogP) is 4.25. The first-order valence-corrected chi connectivity index (χ1v) is 11.7. The minimum absolute atomic E-state index is 0.145. The summed E-state index contributed by atoms with van der Waals surface area (Å²) >= 11 is 8.68. The number of rotatable bonds is 3. The summed E-state index contributed by atoms with van der Waals surface area (Å²) in [6.07, 6.45) is 0.894. The molecular weight excluding hydrogens is 510 g/mol. The number of halogens is 2. The number of ether oxygens (including phenoxy) is 1. The van der Waals surface area contributed by atoms with E-state index in [-0.39, 0.29) is 45.1 Å². The molecule has 2 bridgehead atoms. The fourth-order valence-electron chi connectivity index (χ4n) is 4.84. The molecule has 3 aliphatic rings. The summed E-state index contributed by atoms with van der Waals surface area (Å²) in [4.78, 5) is 40.6. The van der Waals surface area contributed by atoms with Gasteiger partial charge in [0.05, 0.1) is 17.5 Å². The number of thiophene rings is 1. The molecule has 3 fully saturated rings. The van der Waals surface area contributed by atoms with Gasteiger partial charge in [0.15, 0.2) is 0 Å². The molecule has 2 aliphatic carbocycles. The van der Waals surface area contributed by atoms with Gasteiger partial charge in [-0.15, -0.1) is 11.3 Å². The van der Waals surface area contributed by atoms with Gasteiger partial charge in [-0.1, -0.05) is 44.0 Å². The van der Waals surface area contributed by atoms with Crippen LogP contribution in [0.5, 0.6) is 5.75 Å². The molecule has 0 N–H and O–H groups in total. The molecule has 5 rings (SSSR count). The lowest BCUT2D eigenvalue weighted by atomic mass is 9.81. The second-order valence-corrected chi connectivity index (χ2v) is 10.4. The number of fused-ring (bicyclic) bond motifs is 5. The maximum atomic E-state index is 13.1. The molecule has 2 aromatic rings. The third-order valence-corrected chi connectivity index (χ3v) is 10.1. The number of benzene rings is 1. The lowest BCUT2D eigenvalue weighted by molar-refractivity contribution is -0.123. The van der Waals surface area contributed by atoms with E-state index in [2.05, 4.69) is 31.9 Å². The maximum Gasteiger partial charge on any atom is 0.353 e. The van der Waals surface area contributed by atoms with Crippen LogP contribution < -0.4 is 9.64 Å². The molecule has 1 aromatic heterocycles. The Kier molecular flexibility index (Phi) is 4.48. The van der Waals surface area contributed by atoms with Gasteiger partial charge >= 0.3 is 5.97 Å². The SMILES string of the molecule is O=C(Oc1cccc(N2C(=O)[C@@H]3[C@H]4C[C@@H]([C@H](Br)[C@H]4Br)[C@H]3C2=O)c1)c1cccs1. The van der Waals surface area contributed by atoms with Crippen LogP contribution in [-0.2, 0) is 9.59 Å². The summed E-state index contributed by atoms with van der Waals surface area (Å²) in [6, 6.07) is 10.1. The standard InChI is InChI=1S/C20H15Br2NO4S/c21-16-11-8-12(17(16)22)15-14(11)18(24)23(19(15)25)9-3-1-4-10(7-9)27-20(26)13-5-2-6-28-13/h1-7,11-12,14-17H,8H2/t11-,12-,14-,15-,16+,17+/m1/s1. The highest BCUT2D eigenvalue weighted by Gasteiger charge is 2.66. The molecule has 2 saturated carbocycles. The Morgan fingerprint density at radius 2 is 1.71 bits per heavy atom. The van der Waals surface area contributed by atoms with E-state index in [0.29, 0.717) is 16.3 Å². The van der Waals surface area contributed by atoms with Gasteiger partial charge in [-0.05, 0) is 41.8 Å². The Labute approximate surface area is 182 Å². The molecule has 0 spiro atoms. The topological polar surface area (TPSA) is 63.7 Å². The van der Waals surface area contributed by atoms with Crippen LogP contribution in [0.1, 0.15) is 16.1 Å². The van der Waals surface area contributed by atoms with Crippen molar-refractivity contribution in [3.8, 4) is 5.75 Å². The molecule has 0 radical (unpaired) electrons. The third kappa shape index (κ3) is 2.64. The van der Waals surface area contributed by atoms with E-state index in [1.54, 1.807) is 41.8 Å². The van der Waals surface area contributed by atoms with Gasteiger partial charge in [0.2, 0.25) is 11.8 Å². The minimum Gasteiger partial charge on any atom is -0.422 e. The first-order valence-electron chi connectivity index (χ1n) is 8.99. The van der Waals surface area contributed by atoms with E-state index in [4.69, 9.17) is 4.74 Å². The Morgan fingerprint density at radius 3 is 2.32 bits per heavy atom. The van der Waals surface area contributed by atoms with Gasteiger partial charge in [0.1, 0.15) is 10.6 Å². The number of hydrogen-bond acceptors (Lipinski definition) is 5. The van der Waals surface area contributed by atoms with Crippen molar-refractivity contribution in [3.63, 3.8) is 0 Å². The molecule has 1 aromatic carbocycles. The Bertz CT molecular complexity index is 946. The van der Waals surface area contributed by atoms with Gasteiger partial charge < -0.3 is 4.74 Å². The van der Waals surface area contributed by atoms with Crippen LogP contribution in [0.4, 0.5) is 5.69 Å². The molecule has 1 saturated heterocycles. The van der Waals surface area contributed by atoms with E-state index in [1.165, 1.54) is 16.2 Å². The van der Waals surface area contributed by atoms with Crippen LogP contribution in [0.25, 0.3) is 0 Å². The summed E-state index contributed by atoms with van der Waals surface area (Å²) in [7, 11) is 0. The zero-order valence-electron chi connectivity index (χ0n) is 14.5. The van der Waals surface area contributed by atoms with E-state index >= 15 is 0 Å². The summed E-state index contributed by atoms with van der Waals surface area (Å²) < 4.78 is 5.42. The minimum atomic E-state index is -0.453. The molecule has 2 amide bonds. The highest BCUT2D eigenvalue weighted by molar-refractivity contribution is 9.12. The second-order valence-electron chi connectivity index (χ2n) is 7.38. The van der Waals surface area contributed by atoms with E-state index in [1.807, 2.05) is 0 Å². The van der Waals surface area contributed by atoms with Crippen LogP contribution in [0, 0.1) is 23.7 Å². The Balaban J connectivity index is 1.42. The van der Waals surface area contributed by atoms with Crippen molar-refractivity contribution in [2.24, 2.45) is 23.7 Å². The van der Waals surface area contributed by atoms with Gasteiger partial charge in [0.25, 0.3) is 0 Å². The van der Waals surface area contributed by atoms with Gasteiger partial charge in [-0.3, -0.25) is 9.59 Å². The highest BCUT2D eigenvalue weighted by atomic mass is 79.9. The summed E-state index contributed by atoms with van der Waals surface area (Å²) in [5.41, 5.74) is 0.456. The van der Waals surface area contributed by atoms with Gasteiger partial charge in [-0.25, -0.2) is 9.69 Å². The number of carbonyl (C=O) groups excluding carboxylic acids is 3. The van der Waals surface area contributed by atoms with Crippen molar-refractivity contribution in [2.75, 3.05) is 4.90 Å². The van der Waals surface area contributed by atoms with E-state index in [0.717, 1.165) is 6.42 Å². The molecule has 1 aliphatic heterocycles. The van der Waals surface area contributed by atoms with Gasteiger partial charge in [0, 0.05) is 15.7 Å². The highest BCUT2D eigenvalue weighted by Crippen LogP contribution is 2.60. The fraction of sp³-hybridized carbons (Fsp3) is 0.350. The average molecular weight is 525 g/mol. The largest absolute Gasteiger partial charge is 0.422 e. The zero-order valence-corrected chi connectivity index (χ0v) is 18.4. The summed E-state index contributed by atoms with van der Waals surface area (Å²) in [6.45, 7) is 0. The zero-order chi connectivity index (χ0) is 19.6. The first kappa shape index (κ1) is 18.5. The van der Waals surface area contributed by atoms with Crippen LogP contribution in [0.15, 0.2) is 41.8 Å². The van der Waals surface area contributed by atoms with Gasteiger partial charge in [-0.2, -0.15) is 0 Å². The number of hydrogen-bond donors (Lipinski definition) is 0. The van der Waals surface area contributed by atoms with Crippen molar-refractivity contribution in [1.82, 2.24) is 0 Å². The molecule has 2 heterocycles. The Hall–Kier alpha value is -1.51. The van der Waals surface area contributed by atoms with Crippen molar-refractivity contribution in [1.29, 1.82) is 0 Å². The number of amides is 2. The van der Waals surface area contributed by atoms with Crippen molar-refractivity contribution in [3.05, 3.63) is 46.7 Å². The number of nitrogens with zero attached hydrogens (tertiary/aromatic N) is 1. The molecule has 5 nitrogen and oxygen atoms in total. The molecular formula is C20H15Br2NO4S. The molecule has 6 atom stereocenters. The molecule has 8 heteroatoms. The van der Waals surface area contributed by atoms with Crippen LogP contribution in [-0.4, -0.2) is 27.4 Å². The van der Waals surface area contributed by atoms with E-state index in [9.17, 15) is 14.4 Å². The number of anilines is 1. The third-order valence-electron chi connectivity index (χ3n) is 6.00. The molecule has 0 unspecified atom stereocenters. The number of imide groups is 1. The first-order chi connectivity index (χ1) is 13.5. The summed E-state index contributed by atoms with van der Waals surface area (Å²) in [5.74, 6) is -0.637. The number of alkyl halides is 2. The molecule has 28 heavy (non-hydrogen) atoms. The normalized spacial score (nSPS) is 33.4. The smallest absolute Gasteiger partial charge is 0.353 e. The van der Waals surface area contributed by atoms with Crippen molar-refractivity contribution >= 4 is 66.7 Å². The monoisotopic (exact) mass is 523 g/mol. The predicted molar refractivity (Wildman–Crippen MR) is 112 cm³/mol. The lowest BCUT2D eigenvalue weighted by Gasteiger charge is -2.28. The lowest BCUT2D eigenvalue weighted by Crippen LogP contribution is -2.37. The van der Waals surface area contributed by atoms with Crippen molar-refractivity contribution < 1.29 is 19.1 Å². The molecule has 144 valence electrons. The van der Waals surface area contributed by atoms with Crippen LogP contribution in [0.3, 0.4) is 0 Å². The Morgan fingerprint density at radius 1 is 1.04 bits per heavy atom. The second kappa shape index (κ2) is 6.78. The number of carbonyl (C=O) groups is 3. The van der Waals surface area contributed by atoms with E-state index < -0.39 is 5.97 Å².